The first kappa shape index (κ1) is 26.3. The molecule has 1 heterocycles. The van der Waals surface area contributed by atoms with Gasteiger partial charge in [-0.2, -0.15) is 0 Å². The molecule has 0 atom stereocenters. The largest absolute Gasteiger partial charge is 0.495 e. The predicted octanol–water partition coefficient (Wildman–Crippen LogP) is 9.82. The molecule has 0 spiro atoms. The minimum absolute atomic E-state index is 0.0346. The molecular formula is C35H37N3O. The molecule has 5 rings (SSSR count). The Morgan fingerprint density at radius 3 is 2.23 bits per heavy atom. The van der Waals surface area contributed by atoms with E-state index in [1.165, 1.54) is 16.5 Å². The Morgan fingerprint density at radius 1 is 0.744 bits per heavy atom. The van der Waals surface area contributed by atoms with Crippen LogP contribution in [-0.2, 0) is 5.41 Å². The lowest BCUT2D eigenvalue weighted by Crippen LogP contribution is -2.11. The molecule has 198 valence electrons. The Hall–Kier alpha value is -4.31. The Kier molecular flexibility index (Phi) is 7.30. The molecular weight excluding hydrogens is 478 g/mol. The van der Waals surface area contributed by atoms with E-state index < -0.39 is 0 Å². The summed E-state index contributed by atoms with van der Waals surface area (Å²) in [4.78, 5) is 4.77. The Bertz CT molecular complexity index is 1610. The molecule has 39 heavy (non-hydrogen) atoms. The van der Waals surface area contributed by atoms with E-state index >= 15 is 0 Å². The van der Waals surface area contributed by atoms with Crippen molar-refractivity contribution in [1.29, 1.82) is 0 Å². The summed E-state index contributed by atoms with van der Waals surface area (Å²) in [6.45, 7) is 11.1. The van der Waals surface area contributed by atoms with Gasteiger partial charge in [0.2, 0.25) is 0 Å². The van der Waals surface area contributed by atoms with E-state index in [9.17, 15) is 0 Å². The summed E-state index contributed by atoms with van der Waals surface area (Å²) in [5.74, 6) is 1.30. The third-order valence-electron chi connectivity index (χ3n) is 7.13. The molecule has 0 aliphatic rings. The standard InChI is InChI=1S/C35H37N3O/c1-23(2)24-14-16-29-25(20-24)18-19-36-34(29)26-10-9-11-28(21-26)37-30-12-7-8-13-31(30)38-32-22-27(35(3,4)5)15-17-33(32)39-6/h7-23,37-38H,1-6H3. The Morgan fingerprint density at radius 2 is 1.51 bits per heavy atom. The fourth-order valence-corrected chi connectivity index (χ4v) is 4.80. The molecule has 0 fully saturated rings. The zero-order chi connectivity index (χ0) is 27.6. The van der Waals surface area contributed by atoms with Crippen LogP contribution in [0.2, 0.25) is 0 Å². The molecule has 0 unspecified atom stereocenters. The van der Waals surface area contributed by atoms with Crippen molar-refractivity contribution in [3.8, 4) is 17.0 Å². The molecule has 1 aromatic heterocycles. The molecule has 0 bridgehead atoms. The van der Waals surface area contributed by atoms with Gasteiger partial charge in [0, 0.05) is 22.8 Å². The van der Waals surface area contributed by atoms with Crippen LogP contribution in [0.3, 0.4) is 0 Å². The van der Waals surface area contributed by atoms with Crippen molar-refractivity contribution in [1.82, 2.24) is 4.98 Å². The summed E-state index contributed by atoms with van der Waals surface area (Å²) in [7, 11) is 1.71. The third-order valence-corrected chi connectivity index (χ3v) is 7.13. The molecule has 0 aliphatic carbocycles. The summed E-state index contributed by atoms with van der Waals surface area (Å²) in [6, 6.07) is 31.8. The molecule has 4 heteroatoms. The zero-order valence-corrected chi connectivity index (χ0v) is 23.7. The minimum Gasteiger partial charge on any atom is -0.495 e. The van der Waals surface area contributed by atoms with E-state index in [-0.39, 0.29) is 5.41 Å². The second-order valence-corrected chi connectivity index (χ2v) is 11.3. The molecule has 2 N–H and O–H groups in total. The lowest BCUT2D eigenvalue weighted by atomic mass is 9.87. The smallest absolute Gasteiger partial charge is 0.142 e. The number of fused-ring (bicyclic) bond motifs is 1. The average molecular weight is 516 g/mol. The molecule has 0 radical (unpaired) electrons. The van der Waals surface area contributed by atoms with E-state index in [1.54, 1.807) is 7.11 Å². The first-order valence-corrected chi connectivity index (χ1v) is 13.5. The second-order valence-electron chi connectivity index (χ2n) is 11.3. The number of anilines is 4. The zero-order valence-electron chi connectivity index (χ0n) is 23.7. The van der Waals surface area contributed by atoms with Crippen molar-refractivity contribution in [2.45, 2.75) is 46.0 Å². The average Bonchev–Trinajstić information content (AvgIpc) is 2.93. The van der Waals surface area contributed by atoms with Gasteiger partial charge in [0.1, 0.15) is 5.75 Å². The monoisotopic (exact) mass is 515 g/mol. The van der Waals surface area contributed by atoms with Crippen molar-refractivity contribution in [3.05, 3.63) is 108 Å². The van der Waals surface area contributed by atoms with Crippen molar-refractivity contribution in [2.24, 2.45) is 0 Å². The van der Waals surface area contributed by atoms with Gasteiger partial charge >= 0.3 is 0 Å². The van der Waals surface area contributed by atoms with E-state index in [4.69, 9.17) is 9.72 Å². The van der Waals surface area contributed by atoms with Crippen molar-refractivity contribution in [3.63, 3.8) is 0 Å². The number of benzene rings is 4. The molecule has 5 aromatic rings. The van der Waals surface area contributed by atoms with E-state index in [0.29, 0.717) is 5.92 Å². The van der Waals surface area contributed by atoms with Gasteiger partial charge < -0.3 is 15.4 Å². The lowest BCUT2D eigenvalue weighted by molar-refractivity contribution is 0.416. The van der Waals surface area contributed by atoms with Gasteiger partial charge in [0.25, 0.3) is 0 Å². The normalized spacial score (nSPS) is 11.6. The number of hydrogen-bond donors (Lipinski definition) is 2. The maximum atomic E-state index is 5.67. The summed E-state index contributed by atoms with van der Waals surface area (Å²) < 4.78 is 5.67. The third kappa shape index (κ3) is 5.75. The van der Waals surface area contributed by atoms with Gasteiger partial charge in [-0.3, -0.25) is 4.98 Å². The topological polar surface area (TPSA) is 46.2 Å². The molecule has 0 amide bonds. The van der Waals surface area contributed by atoms with Gasteiger partial charge in [0.05, 0.1) is 29.9 Å². The number of ether oxygens (including phenoxy) is 1. The van der Waals surface area contributed by atoms with Crippen molar-refractivity contribution < 1.29 is 4.74 Å². The lowest BCUT2D eigenvalue weighted by Gasteiger charge is -2.22. The van der Waals surface area contributed by atoms with Crippen LogP contribution in [0.4, 0.5) is 22.7 Å². The highest BCUT2D eigenvalue weighted by atomic mass is 16.5. The van der Waals surface area contributed by atoms with Gasteiger partial charge in [-0.15, -0.1) is 0 Å². The van der Waals surface area contributed by atoms with Gasteiger partial charge in [-0.25, -0.2) is 0 Å². The molecule has 0 aliphatic heterocycles. The quantitative estimate of drug-likeness (QED) is 0.226. The summed E-state index contributed by atoms with van der Waals surface area (Å²) >= 11 is 0. The van der Waals surface area contributed by atoms with Crippen LogP contribution in [0.5, 0.6) is 5.75 Å². The summed E-state index contributed by atoms with van der Waals surface area (Å²) in [6.07, 6.45) is 1.90. The molecule has 4 nitrogen and oxygen atoms in total. The highest BCUT2D eigenvalue weighted by Crippen LogP contribution is 2.37. The maximum Gasteiger partial charge on any atom is 0.142 e. The summed E-state index contributed by atoms with van der Waals surface area (Å²) in [5.41, 5.74) is 8.56. The predicted molar refractivity (Wildman–Crippen MR) is 166 cm³/mol. The number of nitrogens with zero attached hydrogens (tertiary/aromatic N) is 1. The number of hydrogen-bond acceptors (Lipinski definition) is 4. The molecule has 0 saturated carbocycles. The van der Waals surface area contributed by atoms with E-state index in [0.717, 1.165) is 45.1 Å². The Balaban J connectivity index is 1.47. The highest BCUT2D eigenvalue weighted by Gasteiger charge is 2.17. The number of rotatable bonds is 7. The Labute approximate surface area is 232 Å². The van der Waals surface area contributed by atoms with Gasteiger partial charge in [-0.1, -0.05) is 83.1 Å². The number of nitrogens with one attached hydrogen (secondary N) is 2. The van der Waals surface area contributed by atoms with Crippen LogP contribution in [-0.4, -0.2) is 12.1 Å². The SMILES string of the molecule is COc1ccc(C(C)(C)C)cc1Nc1ccccc1Nc1cccc(-c2nccc3cc(C(C)C)ccc23)c1. The van der Waals surface area contributed by atoms with Crippen LogP contribution in [0, 0.1) is 0 Å². The van der Waals surface area contributed by atoms with Gasteiger partial charge in [-0.05, 0) is 70.3 Å². The second kappa shape index (κ2) is 10.8. The fourth-order valence-electron chi connectivity index (χ4n) is 4.80. The van der Waals surface area contributed by atoms with Crippen LogP contribution in [0.1, 0.15) is 51.7 Å². The van der Waals surface area contributed by atoms with Crippen LogP contribution >= 0.6 is 0 Å². The minimum atomic E-state index is 0.0346. The van der Waals surface area contributed by atoms with Crippen LogP contribution in [0.15, 0.2) is 97.2 Å². The van der Waals surface area contributed by atoms with Crippen molar-refractivity contribution >= 4 is 33.5 Å². The molecule has 0 saturated heterocycles. The van der Waals surface area contributed by atoms with Gasteiger partial charge in [0.15, 0.2) is 0 Å². The summed E-state index contributed by atoms with van der Waals surface area (Å²) in [5, 5.41) is 9.61. The number of methoxy groups -OCH3 is 1. The van der Waals surface area contributed by atoms with Crippen LogP contribution in [0.25, 0.3) is 22.0 Å². The maximum absolute atomic E-state index is 5.67. The fraction of sp³-hybridized carbons (Fsp3) is 0.229. The molecule has 4 aromatic carbocycles. The number of para-hydroxylation sites is 2. The number of pyridine rings is 1. The first-order chi connectivity index (χ1) is 18.7. The van der Waals surface area contributed by atoms with Crippen molar-refractivity contribution in [2.75, 3.05) is 17.7 Å². The van der Waals surface area contributed by atoms with Crippen LogP contribution < -0.4 is 15.4 Å². The first-order valence-electron chi connectivity index (χ1n) is 13.5. The number of aromatic nitrogens is 1. The highest BCUT2D eigenvalue weighted by molar-refractivity contribution is 5.95. The van der Waals surface area contributed by atoms with E-state index in [1.807, 2.05) is 24.4 Å². The van der Waals surface area contributed by atoms with E-state index in [2.05, 4.69) is 118 Å².